The third-order valence-corrected chi connectivity index (χ3v) is 6.73. The molecule has 1 aromatic heterocycles. The van der Waals surface area contributed by atoms with Crippen LogP contribution in [0.25, 0.3) is 0 Å². The van der Waals surface area contributed by atoms with E-state index in [-0.39, 0.29) is 5.91 Å². The minimum Gasteiger partial charge on any atom is -0.326 e. The van der Waals surface area contributed by atoms with Gasteiger partial charge in [0.1, 0.15) is 0 Å². The monoisotopic (exact) mass is 452 g/mol. The lowest BCUT2D eigenvalue weighted by Gasteiger charge is -2.32. The zero-order chi connectivity index (χ0) is 22.2. The average molecular weight is 453 g/mol. The molecule has 3 heterocycles. The van der Waals surface area contributed by atoms with Crippen LogP contribution in [-0.2, 0) is 17.6 Å². The summed E-state index contributed by atoms with van der Waals surface area (Å²) in [5.41, 5.74) is 3.94. The van der Waals surface area contributed by atoms with Crippen molar-refractivity contribution >= 4 is 35.0 Å². The maximum atomic E-state index is 12.4. The molecule has 1 fully saturated rings. The molecule has 0 unspecified atom stereocenters. The first-order valence-electron chi connectivity index (χ1n) is 11.3. The molecule has 1 saturated heterocycles. The van der Waals surface area contributed by atoms with Crippen LogP contribution in [0.4, 0.5) is 17.3 Å². The van der Waals surface area contributed by atoms with E-state index in [0.717, 1.165) is 74.8 Å². The first-order chi connectivity index (χ1) is 15.7. The molecule has 4 rings (SSSR count). The minimum atomic E-state index is 0.0409. The number of anilines is 3. The highest BCUT2D eigenvalue weighted by Crippen LogP contribution is 2.21. The van der Waals surface area contributed by atoms with Gasteiger partial charge >= 0.3 is 0 Å². The number of nitrogens with one attached hydrogen (secondary N) is 2. The van der Waals surface area contributed by atoms with Gasteiger partial charge in [0.25, 0.3) is 0 Å². The molecule has 2 N–H and O–H groups in total. The van der Waals surface area contributed by atoms with Crippen molar-refractivity contribution in [3.63, 3.8) is 0 Å². The molecular formula is C24H32N6OS. The fraction of sp³-hybridized carbons (Fsp3) is 0.458. The molecule has 170 valence electrons. The Morgan fingerprint density at radius 3 is 2.91 bits per heavy atom. The Hall–Kier alpha value is -2.42. The number of benzene rings is 1. The summed E-state index contributed by atoms with van der Waals surface area (Å²) in [5, 5.41) is 8.48. The van der Waals surface area contributed by atoms with E-state index < -0.39 is 0 Å². The molecule has 0 bridgehead atoms. The normalized spacial score (nSPS) is 18.7. The van der Waals surface area contributed by atoms with Gasteiger partial charge in [0.15, 0.2) is 0 Å². The van der Waals surface area contributed by atoms with E-state index in [2.05, 4.69) is 43.9 Å². The SMILES string of the molecule is CN1CCN(CCC(=O)Nc2cccc(Nc3ncc4c(n3)C/C=C\SCCC4)c2)CC1. The molecule has 0 saturated carbocycles. The van der Waals surface area contributed by atoms with Gasteiger partial charge in [0.05, 0.1) is 5.69 Å². The Balaban J connectivity index is 1.33. The second kappa shape index (κ2) is 11.4. The second-order valence-electron chi connectivity index (χ2n) is 8.36. The van der Waals surface area contributed by atoms with E-state index in [1.807, 2.05) is 42.2 Å². The first-order valence-corrected chi connectivity index (χ1v) is 12.4. The number of carbonyl (C=O) groups excluding carboxylic acids is 1. The van der Waals surface area contributed by atoms with Gasteiger partial charge in [0, 0.05) is 63.1 Å². The van der Waals surface area contributed by atoms with Crippen LogP contribution >= 0.6 is 11.8 Å². The highest BCUT2D eigenvalue weighted by molar-refractivity contribution is 8.02. The van der Waals surface area contributed by atoms with Crippen LogP contribution in [0, 0.1) is 0 Å². The predicted molar refractivity (Wildman–Crippen MR) is 133 cm³/mol. The lowest BCUT2D eigenvalue weighted by molar-refractivity contribution is -0.116. The number of thioether (sulfide) groups is 1. The molecule has 32 heavy (non-hydrogen) atoms. The number of hydrogen-bond donors (Lipinski definition) is 2. The smallest absolute Gasteiger partial charge is 0.227 e. The van der Waals surface area contributed by atoms with Crippen molar-refractivity contribution in [3.8, 4) is 0 Å². The highest BCUT2D eigenvalue weighted by atomic mass is 32.2. The van der Waals surface area contributed by atoms with Gasteiger partial charge in [-0.05, 0) is 54.8 Å². The summed E-state index contributed by atoms with van der Waals surface area (Å²) in [6.07, 6.45) is 7.58. The number of amides is 1. The standard InChI is InChI=1S/C24H32N6OS/c1-29-11-13-30(14-12-29)10-9-23(31)26-20-6-2-7-21(17-20)27-24-25-18-19-5-3-15-32-16-4-8-22(19)28-24/h2,4,6-7,16-18H,3,5,8-15H2,1H3,(H,26,31)(H,25,27,28)/b16-4-. The zero-order valence-electron chi connectivity index (χ0n) is 18.7. The minimum absolute atomic E-state index is 0.0409. The zero-order valence-corrected chi connectivity index (χ0v) is 19.5. The lowest BCUT2D eigenvalue weighted by Crippen LogP contribution is -2.45. The molecule has 2 aliphatic rings. The number of piperazine rings is 1. The quantitative estimate of drug-likeness (QED) is 0.695. The second-order valence-corrected chi connectivity index (χ2v) is 9.38. The maximum absolute atomic E-state index is 12.4. The lowest BCUT2D eigenvalue weighted by atomic mass is 10.1. The molecular weight excluding hydrogens is 420 g/mol. The van der Waals surface area contributed by atoms with E-state index in [1.165, 1.54) is 5.56 Å². The summed E-state index contributed by atoms with van der Waals surface area (Å²) in [4.78, 5) is 26.4. The van der Waals surface area contributed by atoms with E-state index in [4.69, 9.17) is 4.98 Å². The number of aryl methyl sites for hydroxylation is 1. The van der Waals surface area contributed by atoms with Gasteiger partial charge in [-0.1, -0.05) is 12.1 Å². The van der Waals surface area contributed by atoms with E-state index in [9.17, 15) is 4.79 Å². The molecule has 7 nitrogen and oxygen atoms in total. The number of allylic oxidation sites excluding steroid dienone is 1. The molecule has 2 aliphatic heterocycles. The van der Waals surface area contributed by atoms with Crippen molar-refractivity contribution in [2.75, 3.05) is 56.2 Å². The van der Waals surface area contributed by atoms with E-state index >= 15 is 0 Å². The number of rotatable bonds is 6. The summed E-state index contributed by atoms with van der Waals surface area (Å²) < 4.78 is 0. The van der Waals surface area contributed by atoms with Gasteiger partial charge < -0.3 is 20.4 Å². The van der Waals surface area contributed by atoms with E-state index in [1.54, 1.807) is 0 Å². The molecule has 0 atom stereocenters. The Kier molecular flexibility index (Phi) is 8.14. The summed E-state index contributed by atoms with van der Waals surface area (Å²) in [6, 6.07) is 7.72. The molecule has 1 amide bonds. The molecule has 0 aliphatic carbocycles. The van der Waals surface area contributed by atoms with E-state index in [0.29, 0.717) is 12.4 Å². The van der Waals surface area contributed by atoms with Crippen LogP contribution in [0.3, 0.4) is 0 Å². The molecule has 8 heteroatoms. The number of likely N-dealkylation sites (N-methyl/N-ethyl adjacent to an activating group) is 1. The molecule has 0 radical (unpaired) electrons. The molecule has 1 aromatic carbocycles. The third-order valence-electron chi connectivity index (χ3n) is 5.82. The van der Waals surface area contributed by atoms with Crippen molar-refractivity contribution in [1.29, 1.82) is 0 Å². The highest BCUT2D eigenvalue weighted by Gasteiger charge is 2.15. The molecule has 0 spiro atoms. The number of hydrogen-bond acceptors (Lipinski definition) is 7. The fourth-order valence-electron chi connectivity index (χ4n) is 3.89. The Bertz CT molecular complexity index is 942. The van der Waals surface area contributed by atoms with Crippen molar-refractivity contribution in [2.24, 2.45) is 0 Å². The maximum Gasteiger partial charge on any atom is 0.227 e. The Labute approximate surface area is 194 Å². The van der Waals surface area contributed by atoms with Crippen LogP contribution in [0.2, 0.25) is 0 Å². The van der Waals surface area contributed by atoms with Gasteiger partial charge in [-0.2, -0.15) is 0 Å². The summed E-state index contributed by atoms with van der Waals surface area (Å²) in [7, 11) is 2.14. The Morgan fingerprint density at radius 1 is 1.19 bits per heavy atom. The van der Waals surface area contributed by atoms with Crippen LogP contribution in [-0.4, -0.2) is 71.2 Å². The van der Waals surface area contributed by atoms with Gasteiger partial charge in [-0.15, -0.1) is 11.8 Å². The van der Waals surface area contributed by atoms with Crippen molar-refractivity contribution < 1.29 is 4.79 Å². The first kappa shape index (κ1) is 22.8. The summed E-state index contributed by atoms with van der Waals surface area (Å²) in [5.74, 6) is 1.76. The Morgan fingerprint density at radius 2 is 2.03 bits per heavy atom. The number of aromatic nitrogens is 2. The average Bonchev–Trinajstić information content (AvgIpc) is 2.91. The molecule has 2 aromatic rings. The number of carbonyl (C=O) groups is 1. The topological polar surface area (TPSA) is 73.4 Å². The predicted octanol–water partition coefficient (Wildman–Crippen LogP) is 3.53. The number of fused-ring (bicyclic) bond motifs is 1. The van der Waals surface area contributed by atoms with Gasteiger partial charge in [0.2, 0.25) is 11.9 Å². The van der Waals surface area contributed by atoms with Crippen molar-refractivity contribution in [2.45, 2.75) is 25.7 Å². The fourth-order valence-corrected chi connectivity index (χ4v) is 4.57. The van der Waals surface area contributed by atoms with Gasteiger partial charge in [-0.3, -0.25) is 4.79 Å². The third kappa shape index (κ3) is 6.79. The van der Waals surface area contributed by atoms with Gasteiger partial charge in [-0.25, -0.2) is 9.97 Å². The number of nitrogens with zero attached hydrogens (tertiary/aromatic N) is 4. The summed E-state index contributed by atoms with van der Waals surface area (Å²) >= 11 is 1.85. The summed E-state index contributed by atoms with van der Waals surface area (Å²) in [6.45, 7) is 4.98. The van der Waals surface area contributed by atoms with Crippen LogP contribution < -0.4 is 10.6 Å². The van der Waals surface area contributed by atoms with Crippen LogP contribution in [0.1, 0.15) is 24.1 Å². The largest absolute Gasteiger partial charge is 0.326 e. The van der Waals surface area contributed by atoms with Crippen molar-refractivity contribution in [1.82, 2.24) is 19.8 Å². The van der Waals surface area contributed by atoms with Crippen LogP contribution in [0.15, 0.2) is 41.9 Å². The van der Waals surface area contributed by atoms with Crippen LogP contribution in [0.5, 0.6) is 0 Å². The van der Waals surface area contributed by atoms with Crippen molar-refractivity contribution in [3.05, 3.63) is 53.2 Å².